The van der Waals surface area contributed by atoms with Crippen LogP contribution < -0.4 is 4.74 Å². The number of aromatic nitrogens is 2. The van der Waals surface area contributed by atoms with Crippen LogP contribution >= 0.6 is 0 Å². The van der Waals surface area contributed by atoms with Crippen molar-refractivity contribution in [2.75, 3.05) is 26.7 Å². The van der Waals surface area contributed by atoms with Crippen LogP contribution in [0.1, 0.15) is 44.8 Å². The van der Waals surface area contributed by atoms with Gasteiger partial charge in [-0.05, 0) is 49.9 Å². The van der Waals surface area contributed by atoms with Gasteiger partial charge in [-0.3, -0.25) is 14.6 Å². The maximum Gasteiger partial charge on any atom is 0.433 e. The van der Waals surface area contributed by atoms with Crippen molar-refractivity contribution in [3.63, 3.8) is 0 Å². The lowest BCUT2D eigenvalue weighted by Gasteiger charge is -2.37. The van der Waals surface area contributed by atoms with Gasteiger partial charge >= 0.3 is 6.18 Å². The maximum atomic E-state index is 13.8. The molecule has 2 aliphatic rings. The number of carbonyl (C=O) groups excluding carboxylic acids is 2. The number of benzene rings is 1. The highest BCUT2D eigenvalue weighted by Crippen LogP contribution is 2.35. The lowest BCUT2D eigenvalue weighted by molar-refractivity contribution is -0.141. The minimum atomic E-state index is -4.72. The van der Waals surface area contributed by atoms with Crippen LogP contribution in [0.3, 0.4) is 0 Å². The van der Waals surface area contributed by atoms with Gasteiger partial charge in [-0.15, -0.1) is 0 Å². The van der Waals surface area contributed by atoms with Gasteiger partial charge in [0.15, 0.2) is 0 Å². The first kappa shape index (κ1) is 25.7. The Hall–Kier alpha value is -3.95. The molecule has 2 saturated heterocycles. The van der Waals surface area contributed by atoms with Crippen molar-refractivity contribution >= 4 is 11.8 Å². The largest absolute Gasteiger partial charge is 0.481 e. The van der Waals surface area contributed by atoms with Crippen LogP contribution in [0.4, 0.5) is 13.2 Å². The van der Waals surface area contributed by atoms with Crippen LogP contribution in [-0.4, -0.2) is 64.4 Å². The van der Waals surface area contributed by atoms with Gasteiger partial charge in [-0.25, -0.2) is 4.98 Å². The summed E-state index contributed by atoms with van der Waals surface area (Å²) in [6, 6.07) is 13.0. The number of hydrogen-bond donors (Lipinski definition) is 0. The van der Waals surface area contributed by atoms with Crippen LogP contribution in [-0.2, 0) is 6.18 Å². The second kappa shape index (κ2) is 10.1. The van der Waals surface area contributed by atoms with E-state index in [1.165, 1.54) is 18.1 Å². The molecule has 38 heavy (non-hydrogen) atoms. The van der Waals surface area contributed by atoms with Gasteiger partial charge in [-0.1, -0.05) is 23.8 Å². The molecule has 0 bridgehead atoms. The number of likely N-dealkylation sites (tertiary alicyclic amines) is 2. The molecule has 0 aliphatic carbocycles. The van der Waals surface area contributed by atoms with E-state index < -0.39 is 17.8 Å². The number of pyridine rings is 2. The lowest BCUT2D eigenvalue weighted by atomic mass is 9.91. The Morgan fingerprint density at radius 1 is 1.05 bits per heavy atom. The van der Waals surface area contributed by atoms with Gasteiger partial charge < -0.3 is 14.5 Å². The molecule has 2 fully saturated rings. The van der Waals surface area contributed by atoms with E-state index in [-0.39, 0.29) is 35.9 Å². The van der Waals surface area contributed by atoms with Gasteiger partial charge in [0.2, 0.25) is 5.88 Å². The Kier molecular flexibility index (Phi) is 6.81. The molecule has 7 nitrogen and oxygen atoms in total. The molecule has 198 valence electrons. The third kappa shape index (κ3) is 4.94. The summed E-state index contributed by atoms with van der Waals surface area (Å²) in [5.41, 5.74) is 1.65. The van der Waals surface area contributed by atoms with Crippen LogP contribution in [0.2, 0.25) is 0 Å². The average molecular weight is 525 g/mol. The molecule has 0 N–H and O–H groups in total. The second-order valence-electron chi connectivity index (χ2n) is 9.73. The maximum absolute atomic E-state index is 13.8. The lowest BCUT2D eigenvalue weighted by Crippen LogP contribution is -2.48. The molecule has 0 spiro atoms. The van der Waals surface area contributed by atoms with Gasteiger partial charge in [0.1, 0.15) is 5.69 Å². The number of piperidine rings is 1. The number of rotatable bonds is 4. The van der Waals surface area contributed by atoms with E-state index in [2.05, 4.69) is 9.97 Å². The zero-order chi connectivity index (χ0) is 27.0. The van der Waals surface area contributed by atoms with E-state index in [9.17, 15) is 22.8 Å². The van der Waals surface area contributed by atoms with Gasteiger partial charge in [0.05, 0.1) is 24.4 Å². The Bertz CT molecular complexity index is 1380. The average Bonchev–Trinajstić information content (AvgIpc) is 3.36. The van der Waals surface area contributed by atoms with Crippen LogP contribution in [0.15, 0.2) is 54.7 Å². The van der Waals surface area contributed by atoms with Gasteiger partial charge in [0, 0.05) is 43.0 Å². The normalized spacial score (nSPS) is 19.3. The van der Waals surface area contributed by atoms with E-state index in [0.29, 0.717) is 24.3 Å². The molecular formula is C28H27F3N4O3. The molecule has 10 heteroatoms. The Morgan fingerprint density at radius 3 is 2.61 bits per heavy atom. The van der Waals surface area contributed by atoms with Crippen molar-refractivity contribution in [1.29, 1.82) is 0 Å². The fourth-order valence-electron chi connectivity index (χ4n) is 5.41. The van der Waals surface area contributed by atoms with E-state index in [0.717, 1.165) is 30.0 Å². The first-order valence-corrected chi connectivity index (χ1v) is 12.4. The standard InChI is InChI=1S/C28H27F3N4O3/c1-17-6-3-7-18(12-17)25-21(9-4-10-32-25)27(37)35-11-5-8-19-15-34(16-22(19)35)26(36)20-13-23(28(29,30)31)33-24(14-20)38-2/h3-4,6-7,9-10,12-14,19,22H,5,8,11,15-16H2,1-2H3/t19-,22+/m1/s1. The number of nitrogens with zero attached hydrogens (tertiary/aromatic N) is 4. The van der Waals surface area contributed by atoms with E-state index in [1.807, 2.05) is 31.2 Å². The monoisotopic (exact) mass is 524 g/mol. The molecule has 0 unspecified atom stereocenters. The predicted molar refractivity (Wildman–Crippen MR) is 134 cm³/mol. The van der Waals surface area contributed by atoms with E-state index in [1.54, 1.807) is 23.2 Å². The molecule has 0 saturated carbocycles. The summed E-state index contributed by atoms with van der Waals surface area (Å²) < 4.78 is 45.0. The van der Waals surface area contributed by atoms with Crippen LogP contribution in [0, 0.1) is 12.8 Å². The number of halogens is 3. The van der Waals surface area contributed by atoms with Gasteiger partial charge in [0.25, 0.3) is 11.8 Å². The second-order valence-corrected chi connectivity index (χ2v) is 9.73. The summed E-state index contributed by atoms with van der Waals surface area (Å²) >= 11 is 0. The summed E-state index contributed by atoms with van der Waals surface area (Å²) in [5.74, 6) is -0.957. The molecule has 4 heterocycles. The first-order valence-electron chi connectivity index (χ1n) is 12.4. The van der Waals surface area contributed by atoms with Crippen molar-refractivity contribution in [3.05, 3.63) is 77.1 Å². The van der Waals surface area contributed by atoms with Crippen LogP contribution in [0.5, 0.6) is 5.88 Å². The summed E-state index contributed by atoms with van der Waals surface area (Å²) in [7, 11) is 1.20. The highest BCUT2D eigenvalue weighted by atomic mass is 19.4. The molecule has 0 radical (unpaired) electrons. The number of aryl methyl sites for hydroxylation is 1. The fraction of sp³-hybridized carbons (Fsp3) is 0.357. The zero-order valence-electron chi connectivity index (χ0n) is 21.0. The van der Waals surface area contributed by atoms with E-state index >= 15 is 0 Å². The van der Waals surface area contributed by atoms with Crippen molar-refractivity contribution < 1.29 is 27.5 Å². The smallest absolute Gasteiger partial charge is 0.433 e. The fourth-order valence-corrected chi connectivity index (χ4v) is 5.41. The summed E-state index contributed by atoms with van der Waals surface area (Å²) in [6.45, 7) is 3.10. The van der Waals surface area contributed by atoms with Crippen molar-refractivity contribution in [2.45, 2.75) is 32.0 Å². The third-order valence-electron chi connectivity index (χ3n) is 7.21. The Morgan fingerprint density at radius 2 is 1.87 bits per heavy atom. The number of ether oxygens (including phenoxy) is 1. The minimum Gasteiger partial charge on any atom is -0.481 e. The van der Waals surface area contributed by atoms with E-state index in [4.69, 9.17) is 4.74 Å². The summed E-state index contributed by atoms with van der Waals surface area (Å²) in [6.07, 6.45) is -1.47. The highest BCUT2D eigenvalue weighted by molar-refractivity contribution is 6.00. The molecule has 2 amide bonds. The molecular weight excluding hydrogens is 497 g/mol. The number of alkyl halides is 3. The quantitative estimate of drug-likeness (QED) is 0.488. The molecule has 2 atom stereocenters. The number of carbonyl (C=O) groups is 2. The van der Waals surface area contributed by atoms with Gasteiger partial charge in [-0.2, -0.15) is 13.2 Å². The minimum absolute atomic E-state index is 0.0292. The zero-order valence-corrected chi connectivity index (χ0v) is 21.0. The summed E-state index contributed by atoms with van der Waals surface area (Å²) in [4.78, 5) is 38.4. The molecule has 1 aromatic carbocycles. The van der Waals surface area contributed by atoms with Crippen molar-refractivity contribution in [2.24, 2.45) is 5.92 Å². The topological polar surface area (TPSA) is 75.6 Å². The number of hydrogen-bond acceptors (Lipinski definition) is 5. The third-order valence-corrected chi connectivity index (χ3v) is 7.21. The van der Waals surface area contributed by atoms with Crippen molar-refractivity contribution in [1.82, 2.24) is 19.8 Å². The highest BCUT2D eigenvalue weighted by Gasteiger charge is 2.43. The number of amides is 2. The molecule has 5 rings (SSSR count). The molecule has 3 aromatic rings. The first-order chi connectivity index (χ1) is 18.2. The Labute approximate surface area is 218 Å². The summed E-state index contributed by atoms with van der Waals surface area (Å²) in [5, 5.41) is 0. The number of fused-ring (bicyclic) bond motifs is 1. The SMILES string of the molecule is COc1cc(C(=O)N2C[C@H]3CCCN(C(=O)c4cccnc4-c4cccc(C)c4)[C@H]3C2)cc(C(F)(F)F)n1. The molecule has 2 aromatic heterocycles. The predicted octanol–water partition coefficient (Wildman–Crippen LogP) is 4.86. The van der Waals surface area contributed by atoms with Crippen LogP contribution in [0.25, 0.3) is 11.3 Å². The Balaban J connectivity index is 1.41. The molecule has 2 aliphatic heterocycles. The number of methoxy groups -OCH3 is 1. The van der Waals surface area contributed by atoms with Crippen molar-refractivity contribution in [3.8, 4) is 17.1 Å².